The van der Waals surface area contributed by atoms with E-state index >= 15 is 0 Å². The Bertz CT molecular complexity index is 2810. The van der Waals surface area contributed by atoms with Gasteiger partial charge in [-0.3, -0.25) is 0 Å². The molecule has 117 heavy (non-hydrogen) atoms. The third kappa shape index (κ3) is 69.5. The predicted molar refractivity (Wildman–Crippen MR) is 489 cm³/mol. The molecule has 0 atom stereocenters. The summed E-state index contributed by atoms with van der Waals surface area (Å²) in [4.78, 5) is 50.5. The monoisotopic (exact) mass is 1700 g/mol. The van der Waals surface area contributed by atoms with E-state index in [1.54, 1.807) is 0 Å². The van der Waals surface area contributed by atoms with E-state index in [2.05, 4.69) is 76.3 Å². The quantitative estimate of drug-likeness (QED) is 0.0150. The maximum atomic E-state index is 13.0. The molecule has 2 rings (SSSR count). The second-order valence-corrected chi connectivity index (χ2v) is 35.5. The van der Waals surface area contributed by atoms with Gasteiger partial charge in [0.15, 0.2) is 0 Å². The number of carbonyl (C=O) groups is 4. The Hall–Kier alpha value is -3.64. The zero-order valence-corrected chi connectivity index (χ0v) is 79.1. The van der Waals surface area contributed by atoms with Crippen molar-refractivity contribution >= 4 is 81.9 Å². The molecule has 0 unspecified atom stereocenters. The van der Waals surface area contributed by atoms with Crippen molar-refractivity contribution in [3.05, 3.63) is 107 Å². The van der Waals surface area contributed by atoms with E-state index in [-0.39, 0.29) is 75.3 Å². The van der Waals surface area contributed by atoms with Crippen molar-refractivity contribution in [1.29, 1.82) is 0 Å². The van der Waals surface area contributed by atoms with Crippen molar-refractivity contribution in [2.45, 2.75) is 474 Å². The molecule has 0 fully saturated rings. The van der Waals surface area contributed by atoms with Gasteiger partial charge >= 0.3 is 61.6 Å². The number of allylic oxidation sites excluding steroid dienone is 8. The number of benzene rings is 2. The Morgan fingerprint density at radius 2 is 0.393 bits per heavy atom. The van der Waals surface area contributed by atoms with Crippen LogP contribution in [0.3, 0.4) is 0 Å². The van der Waals surface area contributed by atoms with Gasteiger partial charge in [-0.2, -0.15) is 0 Å². The molecule has 0 bridgehead atoms. The van der Waals surface area contributed by atoms with E-state index in [1.165, 1.54) is 320 Å². The Morgan fingerprint density at radius 3 is 0.564 bits per heavy atom. The van der Waals surface area contributed by atoms with Gasteiger partial charge < -0.3 is 28.1 Å². The van der Waals surface area contributed by atoms with Crippen LogP contribution >= 0.6 is 0 Å². The minimum atomic E-state index is -5.02. The fourth-order valence-corrected chi connectivity index (χ4v) is 16.1. The number of hydrogen-bond donors (Lipinski definition) is 0. The van der Waals surface area contributed by atoms with Gasteiger partial charge in [0.1, 0.15) is 20.2 Å². The second-order valence-electron chi connectivity index (χ2n) is 32.8. The molecule has 668 valence electrons. The van der Waals surface area contributed by atoms with E-state index in [0.29, 0.717) is 25.7 Å². The van der Waals surface area contributed by atoms with Gasteiger partial charge in [0, 0.05) is 0 Å². The smallest absolute Gasteiger partial charge is 0.744 e. The first kappa shape index (κ1) is 113. The first-order chi connectivity index (χ1) is 56.6. The van der Waals surface area contributed by atoms with Gasteiger partial charge in [-0.1, -0.05) is 397 Å². The number of carbonyl (C=O) groups excluding carboxylic acids is 4. The molecule has 17 heteroatoms. The maximum Gasteiger partial charge on any atom is 2.00 e. The van der Waals surface area contributed by atoms with Crippen LogP contribution in [0.1, 0.15) is 506 Å². The van der Waals surface area contributed by atoms with Crippen molar-refractivity contribution in [2.75, 3.05) is 26.4 Å². The van der Waals surface area contributed by atoms with Gasteiger partial charge in [0.25, 0.3) is 0 Å². The molecule has 2 aromatic carbocycles. The van der Waals surface area contributed by atoms with Gasteiger partial charge in [-0.05, 0) is 153 Å². The molecule has 0 saturated heterocycles. The van der Waals surface area contributed by atoms with Crippen molar-refractivity contribution in [2.24, 2.45) is 0 Å². The summed E-state index contributed by atoms with van der Waals surface area (Å²) >= 11 is 0. The van der Waals surface area contributed by atoms with Crippen molar-refractivity contribution < 1.29 is 64.1 Å². The summed E-state index contributed by atoms with van der Waals surface area (Å²) in [6, 6.07) is 7.25. The van der Waals surface area contributed by atoms with E-state index in [4.69, 9.17) is 18.9 Å². The van der Waals surface area contributed by atoms with Crippen molar-refractivity contribution in [3.8, 4) is 0 Å². The summed E-state index contributed by atoms with van der Waals surface area (Å²) in [5.74, 6) is -3.64. The number of unbranched alkanes of at least 4 members (excludes halogenated alkanes) is 60. The Labute approximate surface area is 747 Å². The number of esters is 4. The molecule has 0 saturated carbocycles. The zero-order chi connectivity index (χ0) is 84.4. The standard InChI is InChI=1S/2C50H86O7S.Ca/c2*1-3-5-7-9-11-13-15-17-19-21-23-25-27-29-31-33-35-37-39-44-56-49(51)46-42-41-43-47(58(53,54)55)48(46)50(52)57-45-40-38-36-34-32-30-28-26-24-22-20-18-16-14-12-10-8-6-4-2;/h2*23-26,41-43H,3-22,27-40,44-45H2,1-2H3,(H,53,54,55);/q;;+2/p-2/b2*25-23+,26-24+;. The molecule has 0 aliphatic rings. The fraction of sp³-hybridized carbons (Fsp3) is 0.760. The molecular weight excluding hydrogens is 1530 g/mol. The largest absolute Gasteiger partial charge is 2.00 e. The van der Waals surface area contributed by atoms with Crippen LogP contribution in [0.25, 0.3) is 0 Å². The molecule has 0 heterocycles. The zero-order valence-electron chi connectivity index (χ0n) is 75.2. The minimum Gasteiger partial charge on any atom is -0.744 e. The van der Waals surface area contributed by atoms with Crippen LogP contribution in [0.4, 0.5) is 0 Å². The van der Waals surface area contributed by atoms with Crippen LogP contribution < -0.4 is 0 Å². The number of hydrogen-bond acceptors (Lipinski definition) is 14. The Morgan fingerprint density at radius 1 is 0.239 bits per heavy atom. The third-order valence-electron chi connectivity index (χ3n) is 22.0. The normalized spacial score (nSPS) is 11.8. The molecule has 2 aromatic rings. The topological polar surface area (TPSA) is 220 Å². The molecule has 0 N–H and O–H groups in total. The van der Waals surface area contributed by atoms with Crippen molar-refractivity contribution in [3.63, 3.8) is 0 Å². The Kier molecular flexibility index (Phi) is 81.9. The molecule has 14 nitrogen and oxygen atoms in total. The van der Waals surface area contributed by atoms with Gasteiger partial charge in [-0.15, -0.1) is 0 Å². The third-order valence-corrected chi connectivity index (χ3v) is 23.8. The van der Waals surface area contributed by atoms with Crippen molar-refractivity contribution in [1.82, 2.24) is 0 Å². The average Bonchev–Trinajstić information content (AvgIpc) is 0.796. The molecule has 0 aliphatic heterocycles. The molecule has 0 amide bonds. The average molecular weight is 1700 g/mol. The summed E-state index contributed by atoms with van der Waals surface area (Å²) in [6.45, 7) is 9.52. The SMILES string of the molecule is CCCCCCCCCCC/C=C/CCCCCCCCOC(=O)c1cccc(S(=O)(=O)[O-])c1C(=O)OCCCCCCCC/C=C/CCCCCCCCCCC.CCCCCCCCCCC/C=C/CCCCCCCCOC(=O)c1cccc(S(=O)(=O)[O-])c1C(=O)OCCCCCCCC/C=C/CCCCCCCCCCC.[Ca+2]. The summed E-state index contributed by atoms with van der Waals surface area (Å²) in [6.07, 6.45) is 101. The molecule has 0 radical (unpaired) electrons. The van der Waals surface area contributed by atoms with Gasteiger partial charge in [0.05, 0.1) is 58.5 Å². The summed E-state index contributed by atoms with van der Waals surface area (Å²) < 4.78 is 93.7. The first-order valence-electron chi connectivity index (χ1n) is 48.1. The van der Waals surface area contributed by atoms with Crippen LogP contribution in [-0.2, 0) is 39.2 Å². The van der Waals surface area contributed by atoms with Crippen LogP contribution in [0.15, 0.2) is 94.8 Å². The second kappa shape index (κ2) is 84.6. The van der Waals surface area contributed by atoms with Crippen LogP contribution in [0, 0.1) is 0 Å². The van der Waals surface area contributed by atoms with Gasteiger partial charge in [0.2, 0.25) is 0 Å². The Balaban J connectivity index is 0.00000228. The molecule has 0 spiro atoms. The predicted octanol–water partition coefficient (Wildman–Crippen LogP) is 30.3. The van der Waals surface area contributed by atoms with Gasteiger partial charge in [-0.25, -0.2) is 36.0 Å². The summed E-state index contributed by atoms with van der Waals surface area (Å²) in [5, 5.41) is 0. The first-order valence-corrected chi connectivity index (χ1v) is 50.9. The van der Waals surface area contributed by atoms with E-state index < -0.39 is 65.0 Å². The van der Waals surface area contributed by atoms with Crippen LogP contribution in [0.2, 0.25) is 0 Å². The molecule has 0 aromatic heterocycles. The van der Waals surface area contributed by atoms with E-state index in [0.717, 1.165) is 128 Å². The van der Waals surface area contributed by atoms with Crippen LogP contribution in [-0.4, -0.2) is 114 Å². The van der Waals surface area contributed by atoms with Crippen LogP contribution in [0.5, 0.6) is 0 Å². The molecular formula is C100H170CaO14S2. The molecule has 0 aliphatic carbocycles. The summed E-state index contributed by atoms with van der Waals surface area (Å²) in [5.41, 5.74) is -1.57. The van der Waals surface area contributed by atoms with E-state index in [9.17, 15) is 45.1 Å². The minimum absolute atomic E-state index is 0. The summed E-state index contributed by atoms with van der Waals surface area (Å²) in [7, 11) is -10.0. The maximum absolute atomic E-state index is 13.0. The fourth-order valence-electron chi connectivity index (χ4n) is 14.7. The number of ether oxygens (including phenoxy) is 4. The number of rotatable bonds is 82. The van der Waals surface area contributed by atoms with E-state index in [1.807, 2.05) is 0 Å².